The van der Waals surface area contributed by atoms with Crippen molar-refractivity contribution < 1.29 is 9.59 Å². The fraction of sp³-hybridized carbons (Fsp3) is 0.160. The molecule has 1 N–H and O–H groups in total. The summed E-state index contributed by atoms with van der Waals surface area (Å²) in [5, 5.41) is 17.6. The first-order valence-corrected chi connectivity index (χ1v) is 10.2. The number of nitrogens with zero attached hydrogens (tertiary/aromatic N) is 4. The summed E-state index contributed by atoms with van der Waals surface area (Å²) in [5.41, 5.74) is 3.65. The van der Waals surface area contributed by atoms with Crippen molar-refractivity contribution in [2.24, 2.45) is 0 Å². The number of carbonyl (C=O) groups excluding carboxylic acids is 2. The van der Waals surface area contributed by atoms with Gasteiger partial charge in [-0.25, -0.2) is 4.98 Å². The maximum absolute atomic E-state index is 12.6. The summed E-state index contributed by atoms with van der Waals surface area (Å²) < 4.78 is 1.45. The summed E-state index contributed by atoms with van der Waals surface area (Å²) in [5.74, 6) is 0.254. The number of aryl methyl sites for hydroxylation is 2. The van der Waals surface area contributed by atoms with E-state index in [0.717, 1.165) is 22.0 Å². The number of anilines is 1. The molecule has 2 heterocycles. The average Bonchev–Trinajstić information content (AvgIpc) is 3.21. The second kappa shape index (κ2) is 8.82. The molecule has 4 rings (SSSR count). The fourth-order valence-corrected chi connectivity index (χ4v) is 3.57. The Bertz CT molecular complexity index is 1370. The number of aromatic nitrogens is 3. The van der Waals surface area contributed by atoms with Crippen molar-refractivity contribution in [2.45, 2.75) is 26.7 Å². The number of Topliss-reactive ketones (excluding diaryl/α,β-unsaturated/α-hetero) is 1. The van der Waals surface area contributed by atoms with E-state index in [1.165, 1.54) is 10.9 Å². The Balaban J connectivity index is 1.60. The lowest BCUT2D eigenvalue weighted by molar-refractivity contribution is -0.116. The van der Waals surface area contributed by atoms with Gasteiger partial charge in [-0.05, 0) is 31.0 Å². The van der Waals surface area contributed by atoms with Crippen LogP contribution in [0.15, 0.2) is 60.8 Å². The zero-order valence-electron chi connectivity index (χ0n) is 17.8. The van der Waals surface area contributed by atoms with Crippen LogP contribution in [0, 0.1) is 25.2 Å². The van der Waals surface area contributed by atoms with Crippen LogP contribution < -0.4 is 5.32 Å². The third-order valence-electron chi connectivity index (χ3n) is 5.27. The van der Waals surface area contributed by atoms with Crippen molar-refractivity contribution in [1.82, 2.24) is 14.8 Å². The van der Waals surface area contributed by atoms with Gasteiger partial charge in [0, 0.05) is 23.8 Å². The largest absolute Gasteiger partial charge is 0.309 e. The van der Waals surface area contributed by atoms with Gasteiger partial charge in [0.05, 0.1) is 11.7 Å². The molecule has 4 aromatic rings. The Morgan fingerprint density at radius 2 is 1.81 bits per heavy atom. The van der Waals surface area contributed by atoms with Gasteiger partial charge in [0.15, 0.2) is 17.4 Å². The summed E-state index contributed by atoms with van der Waals surface area (Å²) in [6, 6.07) is 18.7. The van der Waals surface area contributed by atoms with Crippen molar-refractivity contribution in [3.8, 4) is 11.9 Å². The van der Waals surface area contributed by atoms with Crippen LogP contribution in [-0.4, -0.2) is 26.5 Å². The van der Waals surface area contributed by atoms with Crippen LogP contribution in [-0.2, 0) is 4.79 Å². The van der Waals surface area contributed by atoms with E-state index in [4.69, 9.17) is 4.98 Å². The van der Waals surface area contributed by atoms with Crippen LogP contribution in [0.5, 0.6) is 0 Å². The lowest BCUT2D eigenvalue weighted by Gasteiger charge is -2.12. The normalized spacial score (nSPS) is 10.7. The standard InChI is InChI=1S/C25H21N5O2/c1-16-7-6-10-20-17(2)13-22(28-24(16)20)30-25(19(14-26)15-27-30)29-23(32)12-11-21(31)18-8-4-3-5-9-18/h3-10,13,15H,11-12H2,1-2H3,(H,29,32). The lowest BCUT2D eigenvalue weighted by Crippen LogP contribution is -2.17. The molecule has 7 nitrogen and oxygen atoms in total. The molecule has 1 amide bonds. The average molecular weight is 423 g/mol. The highest BCUT2D eigenvalue weighted by molar-refractivity contribution is 6.00. The molecule has 0 aliphatic rings. The third-order valence-corrected chi connectivity index (χ3v) is 5.27. The molecule has 158 valence electrons. The van der Waals surface area contributed by atoms with Crippen LogP contribution in [0.25, 0.3) is 16.7 Å². The maximum atomic E-state index is 12.6. The number of hydrogen-bond donors (Lipinski definition) is 1. The topological polar surface area (TPSA) is 101 Å². The molecular weight excluding hydrogens is 402 g/mol. The van der Waals surface area contributed by atoms with Gasteiger partial charge in [0.2, 0.25) is 5.91 Å². The van der Waals surface area contributed by atoms with Crippen LogP contribution in [0.3, 0.4) is 0 Å². The van der Waals surface area contributed by atoms with Crippen LogP contribution >= 0.6 is 0 Å². The van der Waals surface area contributed by atoms with E-state index < -0.39 is 0 Å². The minimum atomic E-state index is -0.374. The number of nitriles is 1. The highest BCUT2D eigenvalue weighted by Crippen LogP contribution is 2.25. The van der Waals surface area contributed by atoms with Gasteiger partial charge in [0.25, 0.3) is 0 Å². The Kier molecular flexibility index (Phi) is 5.77. The molecule has 0 bridgehead atoms. The van der Waals surface area contributed by atoms with Gasteiger partial charge in [-0.15, -0.1) is 0 Å². The SMILES string of the molecule is Cc1cc(-n2ncc(C#N)c2NC(=O)CCC(=O)c2ccccc2)nc2c(C)cccc12. The summed E-state index contributed by atoms with van der Waals surface area (Å²) >= 11 is 0. The summed E-state index contributed by atoms with van der Waals surface area (Å²) in [4.78, 5) is 29.6. The van der Waals surface area contributed by atoms with Crippen molar-refractivity contribution in [3.05, 3.63) is 83.0 Å². The first kappa shape index (κ1) is 20.9. The molecule has 32 heavy (non-hydrogen) atoms. The van der Waals surface area contributed by atoms with E-state index >= 15 is 0 Å². The van der Waals surface area contributed by atoms with E-state index in [-0.39, 0.29) is 35.9 Å². The molecule has 2 aromatic heterocycles. The van der Waals surface area contributed by atoms with Gasteiger partial charge in [-0.3, -0.25) is 9.59 Å². The molecule has 2 aromatic carbocycles. The number of carbonyl (C=O) groups is 2. The van der Waals surface area contributed by atoms with Gasteiger partial charge in [-0.2, -0.15) is 15.0 Å². The van der Waals surface area contributed by atoms with Crippen molar-refractivity contribution in [3.63, 3.8) is 0 Å². The number of hydrogen-bond acceptors (Lipinski definition) is 5. The molecule has 0 spiro atoms. The number of rotatable bonds is 6. The highest BCUT2D eigenvalue weighted by atomic mass is 16.2. The Morgan fingerprint density at radius 3 is 2.56 bits per heavy atom. The van der Waals surface area contributed by atoms with Crippen LogP contribution in [0.2, 0.25) is 0 Å². The predicted octanol–water partition coefficient (Wildman–Crippen LogP) is 4.51. The first-order chi connectivity index (χ1) is 15.5. The van der Waals surface area contributed by atoms with Crippen LogP contribution in [0.4, 0.5) is 5.82 Å². The molecule has 0 aliphatic carbocycles. The number of nitrogens with one attached hydrogen (secondary N) is 1. The van der Waals surface area contributed by atoms with Gasteiger partial charge in [0.1, 0.15) is 11.6 Å². The number of pyridine rings is 1. The first-order valence-electron chi connectivity index (χ1n) is 10.2. The molecule has 0 fully saturated rings. The lowest BCUT2D eigenvalue weighted by atomic mass is 10.1. The fourth-order valence-electron chi connectivity index (χ4n) is 3.57. The van der Waals surface area contributed by atoms with E-state index in [0.29, 0.717) is 11.4 Å². The van der Waals surface area contributed by atoms with E-state index in [1.807, 2.05) is 44.2 Å². The molecule has 0 aliphatic heterocycles. The molecule has 0 saturated carbocycles. The Labute approximate surface area is 185 Å². The molecular formula is C25H21N5O2. The second-order valence-corrected chi connectivity index (χ2v) is 7.54. The number of benzene rings is 2. The molecule has 0 saturated heterocycles. The highest BCUT2D eigenvalue weighted by Gasteiger charge is 2.18. The molecule has 7 heteroatoms. The van der Waals surface area contributed by atoms with E-state index in [2.05, 4.69) is 16.5 Å². The van der Waals surface area contributed by atoms with Gasteiger partial charge in [-0.1, -0.05) is 48.5 Å². The van der Waals surface area contributed by atoms with Crippen molar-refractivity contribution in [2.75, 3.05) is 5.32 Å². The number of para-hydroxylation sites is 1. The second-order valence-electron chi connectivity index (χ2n) is 7.54. The number of fused-ring (bicyclic) bond motifs is 1. The summed E-state index contributed by atoms with van der Waals surface area (Å²) in [7, 11) is 0. The van der Waals surface area contributed by atoms with E-state index in [1.54, 1.807) is 24.3 Å². The smallest absolute Gasteiger partial charge is 0.226 e. The summed E-state index contributed by atoms with van der Waals surface area (Å²) in [6.07, 6.45) is 1.45. The zero-order valence-corrected chi connectivity index (χ0v) is 17.8. The zero-order chi connectivity index (χ0) is 22.7. The predicted molar refractivity (Wildman–Crippen MR) is 122 cm³/mol. The third kappa shape index (κ3) is 4.12. The molecule has 0 atom stereocenters. The quantitative estimate of drug-likeness (QED) is 0.460. The minimum Gasteiger partial charge on any atom is -0.309 e. The monoisotopic (exact) mass is 423 g/mol. The minimum absolute atomic E-state index is 0.00688. The van der Waals surface area contributed by atoms with Crippen molar-refractivity contribution in [1.29, 1.82) is 5.26 Å². The molecule has 0 unspecified atom stereocenters. The Morgan fingerprint density at radius 1 is 1.03 bits per heavy atom. The number of ketones is 1. The van der Waals surface area contributed by atoms with Crippen LogP contribution in [0.1, 0.15) is 39.9 Å². The number of amides is 1. The molecule has 0 radical (unpaired) electrons. The summed E-state index contributed by atoms with van der Waals surface area (Å²) in [6.45, 7) is 3.96. The van der Waals surface area contributed by atoms with Gasteiger partial charge < -0.3 is 5.32 Å². The Hall–Kier alpha value is -4.31. The van der Waals surface area contributed by atoms with E-state index in [9.17, 15) is 14.9 Å². The maximum Gasteiger partial charge on any atom is 0.226 e. The van der Waals surface area contributed by atoms with Gasteiger partial charge >= 0.3 is 0 Å². The van der Waals surface area contributed by atoms with Crippen molar-refractivity contribution >= 4 is 28.4 Å².